The molecule has 0 spiro atoms. The van der Waals surface area contributed by atoms with E-state index in [2.05, 4.69) is 15.9 Å². The first-order valence-electron chi connectivity index (χ1n) is 9.72. The van der Waals surface area contributed by atoms with E-state index in [4.69, 9.17) is 25.8 Å². The zero-order chi connectivity index (χ0) is 22.8. The van der Waals surface area contributed by atoms with E-state index in [1.54, 1.807) is 62.6 Å². The molecule has 0 fully saturated rings. The highest BCUT2D eigenvalue weighted by molar-refractivity contribution is 9.10. The molecule has 4 rings (SSSR count). The number of carbonyl (C=O) groups is 2. The Labute approximate surface area is 198 Å². The van der Waals surface area contributed by atoms with Gasteiger partial charge in [-0.2, -0.15) is 0 Å². The number of ketones is 1. The van der Waals surface area contributed by atoms with Crippen LogP contribution in [0.1, 0.15) is 27.0 Å². The van der Waals surface area contributed by atoms with Crippen LogP contribution in [0, 0.1) is 6.92 Å². The number of ether oxygens (including phenoxy) is 3. The smallest absolute Gasteiger partial charge is 0.315 e. The van der Waals surface area contributed by atoms with Crippen molar-refractivity contribution in [3.8, 4) is 17.2 Å². The monoisotopic (exact) mass is 512 g/mol. The van der Waals surface area contributed by atoms with Gasteiger partial charge in [-0.15, -0.1) is 0 Å². The predicted molar refractivity (Wildman–Crippen MR) is 126 cm³/mol. The van der Waals surface area contributed by atoms with Gasteiger partial charge in [-0.3, -0.25) is 9.59 Å². The van der Waals surface area contributed by atoms with Gasteiger partial charge in [0.1, 0.15) is 17.2 Å². The maximum Gasteiger partial charge on any atom is 0.315 e. The molecule has 0 N–H and O–H groups in total. The van der Waals surface area contributed by atoms with Gasteiger partial charge < -0.3 is 14.2 Å². The molecule has 1 heterocycles. The van der Waals surface area contributed by atoms with Crippen LogP contribution in [0.3, 0.4) is 0 Å². The van der Waals surface area contributed by atoms with Crippen LogP contribution in [0.25, 0.3) is 6.08 Å². The summed E-state index contributed by atoms with van der Waals surface area (Å²) in [7, 11) is 1.56. The van der Waals surface area contributed by atoms with Crippen LogP contribution in [0.2, 0.25) is 5.02 Å². The van der Waals surface area contributed by atoms with Gasteiger partial charge in [0.05, 0.1) is 19.1 Å². The van der Waals surface area contributed by atoms with Crippen molar-refractivity contribution in [2.45, 2.75) is 13.3 Å². The van der Waals surface area contributed by atoms with E-state index in [-0.39, 0.29) is 18.0 Å². The maximum atomic E-state index is 12.9. The molecule has 0 atom stereocenters. The van der Waals surface area contributed by atoms with Crippen molar-refractivity contribution in [1.29, 1.82) is 0 Å². The quantitative estimate of drug-likeness (QED) is 0.231. The zero-order valence-electron chi connectivity index (χ0n) is 17.3. The first-order valence-corrected chi connectivity index (χ1v) is 10.9. The minimum Gasteiger partial charge on any atom is -0.496 e. The summed E-state index contributed by atoms with van der Waals surface area (Å²) in [5.74, 6) is 0.841. The van der Waals surface area contributed by atoms with Crippen molar-refractivity contribution in [1.82, 2.24) is 0 Å². The topological polar surface area (TPSA) is 61.8 Å². The molecule has 32 heavy (non-hydrogen) atoms. The van der Waals surface area contributed by atoms with Crippen molar-refractivity contribution in [2.24, 2.45) is 0 Å². The first kappa shape index (κ1) is 22.1. The summed E-state index contributed by atoms with van der Waals surface area (Å²) in [6.45, 7) is 1.75. The third-order valence-electron chi connectivity index (χ3n) is 5.00. The fourth-order valence-electron chi connectivity index (χ4n) is 3.37. The second kappa shape index (κ2) is 9.18. The molecule has 0 aliphatic carbocycles. The van der Waals surface area contributed by atoms with Crippen LogP contribution in [-0.4, -0.2) is 18.9 Å². The zero-order valence-corrected chi connectivity index (χ0v) is 19.6. The van der Waals surface area contributed by atoms with E-state index in [0.717, 1.165) is 10.0 Å². The van der Waals surface area contributed by atoms with Crippen molar-refractivity contribution >= 4 is 45.4 Å². The minimum atomic E-state index is -0.422. The Bertz CT molecular complexity index is 1250. The summed E-state index contributed by atoms with van der Waals surface area (Å²) in [6, 6.07) is 15.7. The lowest BCUT2D eigenvalue weighted by atomic mass is 10.1. The van der Waals surface area contributed by atoms with Gasteiger partial charge in [0, 0.05) is 20.6 Å². The van der Waals surface area contributed by atoms with Crippen LogP contribution >= 0.6 is 27.5 Å². The van der Waals surface area contributed by atoms with Crippen molar-refractivity contribution in [2.75, 3.05) is 7.11 Å². The molecule has 0 bridgehead atoms. The van der Waals surface area contributed by atoms with Crippen molar-refractivity contribution in [3.05, 3.63) is 92.1 Å². The fourth-order valence-corrected chi connectivity index (χ4v) is 3.87. The predicted octanol–water partition coefficient (Wildman–Crippen LogP) is 6.18. The van der Waals surface area contributed by atoms with Crippen molar-refractivity contribution in [3.63, 3.8) is 0 Å². The SMILES string of the molecule is COc1ccc(Br)cc1/C=C1\Oc2c(ccc(OC(=O)Cc3ccc(Cl)cc3)c2C)C1=O. The van der Waals surface area contributed by atoms with E-state index in [9.17, 15) is 9.59 Å². The Morgan fingerprint density at radius 2 is 1.81 bits per heavy atom. The summed E-state index contributed by atoms with van der Waals surface area (Å²) in [6.07, 6.45) is 1.74. The molecule has 3 aromatic carbocycles. The van der Waals surface area contributed by atoms with Crippen LogP contribution in [0.4, 0.5) is 0 Å². The third kappa shape index (κ3) is 4.56. The number of rotatable bonds is 5. The van der Waals surface area contributed by atoms with Crippen molar-refractivity contribution < 1.29 is 23.8 Å². The number of hydrogen-bond acceptors (Lipinski definition) is 5. The number of methoxy groups -OCH3 is 1. The molecule has 3 aromatic rings. The molecular formula is C25H18BrClO5. The maximum absolute atomic E-state index is 12.9. The Morgan fingerprint density at radius 1 is 1.09 bits per heavy atom. The number of esters is 1. The summed E-state index contributed by atoms with van der Waals surface area (Å²) >= 11 is 9.30. The van der Waals surface area contributed by atoms with E-state index in [1.165, 1.54) is 0 Å². The Kier molecular flexibility index (Phi) is 6.35. The molecule has 0 saturated carbocycles. The molecule has 1 aliphatic rings. The van der Waals surface area contributed by atoms with E-state index >= 15 is 0 Å². The number of allylic oxidation sites excluding steroid dienone is 1. The third-order valence-corrected chi connectivity index (χ3v) is 5.75. The molecule has 0 unspecified atom stereocenters. The highest BCUT2D eigenvalue weighted by atomic mass is 79.9. The molecule has 162 valence electrons. The van der Waals surface area contributed by atoms with E-state index < -0.39 is 5.97 Å². The summed E-state index contributed by atoms with van der Waals surface area (Å²) in [5.41, 5.74) is 2.48. The number of hydrogen-bond donors (Lipinski definition) is 0. The molecule has 7 heteroatoms. The lowest BCUT2D eigenvalue weighted by Crippen LogP contribution is -2.12. The Balaban J connectivity index is 1.57. The molecule has 0 aromatic heterocycles. The van der Waals surface area contributed by atoms with Gasteiger partial charge in [-0.1, -0.05) is 39.7 Å². The Hall–Kier alpha value is -3.09. The lowest BCUT2D eigenvalue weighted by molar-refractivity contribution is -0.133. The molecule has 1 aliphatic heterocycles. The number of Topliss-reactive ketones (excluding diaryl/α,β-unsaturated/α-hetero) is 1. The molecule has 5 nitrogen and oxygen atoms in total. The summed E-state index contributed by atoms with van der Waals surface area (Å²) in [4.78, 5) is 25.3. The molecule has 0 amide bonds. The number of benzene rings is 3. The minimum absolute atomic E-state index is 0.0985. The average Bonchev–Trinajstić information content (AvgIpc) is 3.08. The van der Waals surface area contributed by atoms with Gasteiger partial charge in [0.2, 0.25) is 5.78 Å². The number of fused-ring (bicyclic) bond motifs is 1. The second-order valence-electron chi connectivity index (χ2n) is 7.17. The highest BCUT2D eigenvalue weighted by Crippen LogP contribution is 2.40. The van der Waals surface area contributed by atoms with Gasteiger partial charge in [0.25, 0.3) is 0 Å². The standard InChI is InChI=1S/C25H18BrClO5/c1-14-20(31-23(28)11-15-3-6-18(27)7-4-15)10-8-19-24(29)22(32-25(14)19)13-16-12-17(26)5-9-21(16)30-2/h3-10,12-13H,11H2,1-2H3/b22-13-. The molecular weight excluding hydrogens is 496 g/mol. The van der Waals surface area contributed by atoms with Gasteiger partial charge in [-0.25, -0.2) is 0 Å². The van der Waals surface area contributed by atoms with Crippen LogP contribution in [0.5, 0.6) is 17.2 Å². The summed E-state index contributed by atoms with van der Waals surface area (Å²) < 4.78 is 17.6. The van der Waals surface area contributed by atoms with Crippen LogP contribution in [0.15, 0.2) is 64.8 Å². The molecule has 0 saturated heterocycles. The second-order valence-corrected chi connectivity index (χ2v) is 8.52. The molecule has 0 radical (unpaired) electrons. The van der Waals surface area contributed by atoms with Gasteiger partial charge >= 0.3 is 5.97 Å². The summed E-state index contributed by atoms with van der Waals surface area (Å²) in [5, 5.41) is 0.600. The number of halogens is 2. The van der Waals surface area contributed by atoms with E-state index in [0.29, 0.717) is 39.0 Å². The van der Waals surface area contributed by atoms with E-state index in [1.807, 2.05) is 12.1 Å². The fraction of sp³-hybridized carbons (Fsp3) is 0.120. The largest absolute Gasteiger partial charge is 0.496 e. The van der Waals surface area contributed by atoms with Gasteiger partial charge in [-0.05, 0) is 61.0 Å². The number of carbonyl (C=O) groups excluding carboxylic acids is 2. The lowest BCUT2D eigenvalue weighted by Gasteiger charge is -2.10. The van der Waals surface area contributed by atoms with Gasteiger partial charge in [0.15, 0.2) is 5.76 Å². The first-order chi connectivity index (χ1) is 15.4. The van der Waals surface area contributed by atoms with Crippen LogP contribution < -0.4 is 14.2 Å². The average molecular weight is 514 g/mol. The Morgan fingerprint density at radius 3 is 2.53 bits per heavy atom. The van der Waals surface area contributed by atoms with Crippen LogP contribution in [-0.2, 0) is 11.2 Å². The normalized spacial score (nSPS) is 13.6. The highest BCUT2D eigenvalue weighted by Gasteiger charge is 2.31.